The Bertz CT molecular complexity index is 931. The highest BCUT2D eigenvalue weighted by molar-refractivity contribution is 5.94. The largest absolute Gasteiger partial charge is 0.356 e. The minimum atomic E-state index is -0.249. The monoisotopic (exact) mass is 519 g/mol. The first-order valence-corrected chi connectivity index (χ1v) is 13.8. The van der Waals surface area contributed by atoms with Crippen LogP contribution in [0.1, 0.15) is 87.9 Å². The number of Topliss-reactive ketones (excluding diaryl/α,β-unsaturated/α-hetero) is 1. The maximum Gasteiger partial charge on any atom is 0.252 e. The third-order valence-electron chi connectivity index (χ3n) is 5.50. The lowest BCUT2D eigenvalue weighted by molar-refractivity contribution is -0.122. The Labute approximate surface area is 229 Å². The molecular formula is C32H45N3O3. The van der Waals surface area contributed by atoms with Crippen molar-refractivity contribution < 1.29 is 14.4 Å². The summed E-state index contributed by atoms with van der Waals surface area (Å²) in [7, 11) is 0. The molecule has 0 radical (unpaired) electrons. The molecule has 2 amide bonds. The number of unbranched alkanes of at least 4 members (excludes halogenated alkanes) is 1. The zero-order valence-electron chi connectivity index (χ0n) is 22.9. The second-order valence-corrected chi connectivity index (χ2v) is 8.84. The number of nitrogens with zero attached hydrogens (tertiary/aromatic N) is 1. The number of hydrogen-bond donors (Lipinski definition) is 2. The van der Waals surface area contributed by atoms with E-state index in [1.807, 2.05) is 0 Å². The van der Waals surface area contributed by atoms with Gasteiger partial charge in [0.25, 0.3) is 5.91 Å². The fourth-order valence-corrected chi connectivity index (χ4v) is 3.40. The van der Waals surface area contributed by atoms with Crippen LogP contribution in [-0.4, -0.2) is 35.7 Å². The molecule has 38 heavy (non-hydrogen) atoms. The van der Waals surface area contributed by atoms with Gasteiger partial charge in [-0.3, -0.25) is 19.4 Å². The fraction of sp³-hybridized carbons (Fsp3) is 0.438. The number of aromatic nitrogens is 1. The molecule has 1 aromatic rings. The molecule has 206 valence electrons. The molecule has 6 heteroatoms. The Morgan fingerprint density at radius 3 is 1.95 bits per heavy atom. The number of ketones is 1. The fourth-order valence-electron chi connectivity index (χ4n) is 3.40. The molecule has 0 bridgehead atoms. The SMILES string of the molecule is CC/C=C\C/C=C\C/C=C\C/C=C\C/C=C\CCCC(=O)CCCNC(=O)CCNC(=O)c1cccnc1. The molecule has 0 aliphatic carbocycles. The molecule has 0 aliphatic heterocycles. The first kappa shape index (κ1) is 32.5. The van der Waals surface area contributed by atoms with Gasteiger partial charge in [-0.2, -0.15) is 0 Å². The van der Waals surface area contributed by atoms with Crippen LogP contribution < -0.4 is 10.6 Å². The van der Waals surface area contributed by atoms with Crippen molar-refractivity contribution in [2.75, 3.05) is 13.1 Å². The van der Waals surface area contributed by atoms with Gasteiger partial charge in [-0.25, -0.2) is 0 Å². The molecule has 0 saturated carbocycles. The van der Waals surface area contributed by atoms with E-state index in [9.17, 15) is 14.4 Å². The number of hydrogen-bond acceptors (Lipinski definition) is 4. The van der Waals surface area contributed by atoms with E-state index in [-0.39, 0.29) is 30.6 Å². The lowest BCUT2D eigenvalue weighted by Gasteiger charge is -2.06. The van der Waals surface area contributed by atoms with Crippen LogP contribution in [0.4, 0.5) is 0 Å². The molecule has 1 aromatic heterocycles. The van der Waals surface area contributed by atoms with Gasteiger partial charge in [0.2, 0.25) is 5.91 Å². The Morgan fingerprint density at radius 2 is 1.34 bits per heavy atom. The highest BCUT2D eigenvalue weighted by Crippen LogP contribution is 2.03. The summed E-state index contributed by atoms with van der Waals surface area (Å²) < 4.78 is 0. The van der Waals surface area contributed by atoms with Gasteiger partial charge in [-0.1, -0.05) is 67.7 Å². The van der Waals surface area contributed by atoms with Gasteiger partial charge in [-0.05, 0) is 63.5 Å². The van der Waals surface area contributed by atoms with Crippen LogP contribution in [0.15, 0.2) is 85.3 Å². The molecule has 0 atom stereocenters. The molecule has 0 spiro atoms. The molecule has 0 saturated heterocycles. The standard InChI is InChI=1S/C32H45N3O3/c1-2-3-4-5-6-7-8-9-10-11-12-13-14-15-16-17-18-22-30(36)23-20-26-34-31(37)24-27-35-32(38)29-21-19-25-33-28-29/h3-4,6-7,9-10,12-13,15-16,19,21,25,28H,2,5,8,11,14,17-18,20,22-24,26-27H2,1H3,(H,34,37)(H,35,38)/b4-3-,7-6-,10-9-,13-12-,16-15-. The minimum Gasteiger partial charge on any atom is -0.356 e. The Hall–Kier alpha value is -3.54. The first-order valence-electron chi connectivity index (χ1n) is 13.8. The van der Waals surface area contributed by atoms with E-state index in [0.717, 1.165) is 44.9 Å². The van der Waals surface area contributed by atoms with Crippen molar-refractivity contribution in [3.8, 4) is 0 Å². The molecule has 6 nitrogen and oxygen atoms in total. The van der Waals surface area contributed by atoms with Gasteiger partial charge in [0.05, 0.1) is 5.56 Å². The molecule has 0 unspecified atom stereocenters. The lowest BCUT2D eigenvalue weighted by atomic mass is 10.1. The average Bonchev–Trinajstić information content (AvgIpc) is 2.93. The second-order valence-electron chi connectivity index (χ2n) is 8.84. The number of carbonyl (C=O) groups is 3. The van der Waals surface area contributed by atoms with Crippen molar-refractivity contribution in [2.24, 2.45) is 0 Å². The third-order valence-corrected chi connectivity index (χ3v) is 5.50. The number of nitrogens with one attached hydrogen (secondary N) is 2. The van der Waals surface area contributed by atoms with E-state index in [4.69, 9.17) is 0 Å². The highest BCUT2D eigenvalue weighted by Gasteiger charge is 2.07. The predicted molar refractivity (Wildman–Crippen MR) is 157 cm³/mol. The van der Waals surface area contributed by atoms with Crippen LogP contribution in [0, 0.1) is 0 Å². The van der Waals surface area contributed by atoms with Crippen molar-refractivity contribution in [2.45, 2.75) is 77.6 Å². The van der Waals surface area contributed by atoms with Gasteiger partial charge < -0.3 is 10.6 Å². The van der Waals surface area contributed by atoms with Crippen LogP contribution in [0.3, 0.4) is 0 Å². The lowest BCUT2D eigenvalue weighted by Crippen LogP contribution is -2.31. The summed E-state index contributed by atoms with van der Waals surface area (Å²) in [5.41, 5.74) is 0.466. The molecule has 2 N–H and O–H groups in total. The number of pyridine rings is 1. The summed E-state index contributed by atoms with van der Waals surface area (Å²) in [5, 5.41) is 5.49. The van der Waals surface area contributed by atoms with Crippen LogP contribution in [0.2, 0.25) is 0 Å². The third kappa shape index (κ3) is 19.6. The molecular weight excluding hydrogens is 474 g/mol. The number of carbonyl (C=O) groups excluding carboxylic acids is 3. The summed E-state index contributed by atoms with van der Waals surface area (Å²) in [4.78, 5) is 39.7. The van der Waals surface area contributed by atoms with Crippen LogP contribution >= 0.6 is 0 Å². The number of allylic oxidation sites excluding steroid dienone is 10. The van der Waals surface area contributed by atoms with Crippen molar-refractivity contribution in [3.63, 3.8) is 0 Å². The van der Waals surface area contributed by atoms with E-state index in [2.05, 4.69) is 83.3 Å². The predicted octanol–water partition coefficient (Wildman–Crippen LogP) is 6.59. The summed E-state index contributed by atoms with van der Waals surface area (Å²) in [5.74, 6) is -0.154. The summed E-state index contributed by atoms with van der Waals surface area (Å²) in [6.45, 7) is 2.87. The summed E-state index contributed by atoms with van der Waals surface area (Å²) in [6.07, 6.45) is 33.5. The molecule has 0 aliphatic rings. The zero-order valence-corrected chi connectivity index (χ0v) is 22.9. The first-order chi connectivity index (χ1) is 18.6. The Kier molecular flexibility index (Phi) is 20.4. The van der Waals surface area contributed by atoms with Crippen molar-refractivity contribution >= 4 is 17.6 Å². The Morgan fingerprint density at radius 1 is 0.737 bits per heavy atom. The van der Waals surface area contributed by atoms with Crippen LogP contribution in [-0.2, 0) is 9.59 Å². The normalized spacial score (nSPS) is 11.9. The van der Waals surface area contributed by atoms with Crippen molar-refractivity contribution in [1.29, 1.82) is 0 Å². The van der Waals surface area contributed by atoms with Gasteiger partial charge in [0.15, 0.2) is 0 Å². The summed E-state index contributed by atoms with van der Waals surface area (Å²) >= 11 is 0. The van der Waals surface area contributed by atoms with Gasteiger partial charge in [-0.15, -0.1) is 0 Å². The van der Waals surface area contributed by atoms with Crippen molar-refractivity contribution in [1.82, 2.24) is 15.6 Å². The maximum absolute atomic E-state index is 12.0. The molecule has 1 rings (SSSR count). The average molecular weight is 520 g/mol. The molecule has 0 aromatic carbocycles. The van der Waals surface area contributed by atoms with E-state index in [1.54, 1.807) is 18.3 Å². The minimum absolute atomic E-state index is 0.137. The maximum atomic E-state index is 12.0. The van der Waals surface area contributed by atoms with E-state index in [1.165, 1.54) is 6.20 Å². The number of rotatable bonds is 21. The second kappa shape index (κ2) is 23.8. The zero-order chi connectivity index (χ0) is 27.5. The van der Waals surface area contributed by atoms with Crippen molar-refractivity contribution in [3.05, 3.63) is 90.9 Å². The topological polar surface area (TPSA) is 88.2 Å². The van der Waals surface area contributed by atoms with Gasteiger partial charge >= 0.3 is 0 Å². The quantitative estimate of drug-likeness (QED) is 0.142. The molecule has 0 fully saturated rings. The van der Waals surface area contributed by atoms with E-state index in [0.29, 0.717) is 31.4 Å². The van der Waals surface area contributed by atoms with Crippen LogP contribution in [0.25, 0.3) is 0 Å². The van der Waals surface area contributed by atoms with E-state index >= 15 is 0 Å². The summed E-state index contributed by atoms with van der Waals surface area (Å²) in [6, 6.07) is 3.36. The van der Waals surface area contributed by atoms with E-state index < -0.39 is 0 Å². The highest BCUT2D eigenvalue weighted by atomic mass is 16.2. The Balaban J connectivity index is 1.94. The van der Waals surface area contributed by atoms with Gasteiger partial charge in [0.1, 0.15) is 5.78 Å². The smallest absolute Gasteiger partial charge is 0.252 e. The number of amides is 2. The van der Waals surface area contributed by atoms with Gasteiger partial charge in [0, 0.05) is 44.7 Å². The molecule has 1 heterocycles. The van der Waals surface area contributed by atoms with Crippen LogP contribution in [0.5, 0.6) is 0 Å².